The number of rotatable bonds is 2. The molecule has 2 N–H and O–H groups in total. The molecular weight excluding hydrogens is 260 g/mol. The van der Waals surface area contributed by atoms with Gasteiger partial charge in [0.1, 0.15) is 0 Å². The van der Waals surface area contributed by atoms with Crippen LogP contribution >= 0.6 is 0 Å². The van der Waals surface area contributed by atoms with Crippen LogP contribution in [0.25, 0.3) is 0 Å². The summed E-state index contributed by atoms with van der Waals surface area (Å²) < 4.78 is 0. The van der Waals surface area contributed by atoms with E-state index < -0.39 is 0 Å². The van der Waals surface area contributed by atoms with Gasteiger partial charge in [0.25, 0.3) is 0 Å². The maximum atomic E-state index is 12.5. The van der Waals surface area contributed by atoms with Crippen molar-refractivity contribution in [3.63, 3.8) is 0 Å². The van der Waals surface area contributed by atoms with Crippen LogP contribution in [0.3, 0.4) is 0 Å². The molecule has 106 valence electrons. The Morgan fingerprint density at radius 1 is 1.05 bits per heavy atom. The number of benzene rings is 2. The lowest BCUT2D eigenvalue weighted by Crippen LogP contribution is -2.23. The summed E-state index contributed by atoms with van der Waals surface area (Å²) >= 11 is 0. The standard InChI is InChI=1S/C18H18N2O/c21-18(15-9-12-3-1-2-4-13(12)10-15)20-16-5-6-17-14(11-16)7-8-19-17/h1-6,11,15,19H,7-10H2,(H,20,21). The highest BCUT2D eigenvalue weighted by Gasteiger charge is 2.27. The van der Waals surface area contributed by atoms with Crippen molar-refractivity contribution in [2.45, 2.75) is 19.3 Å². The van der Waals surface area contributed by atoms with E-state index in [1.807, 2.05) is 18.2 Å². The molecule has 0 saturated heterocycles. The Balaban J connectivity index is 1.47. The third-order valence-electron chi connectivity index (χ3n) is 4.50. The Morgan fingerprint density at radius 3 is 2.57 bits per heavy atom. The van der Waals surface area contributed by atoms with Crippen molar-refractivity contribution in [1.29, 1.82) is 0 Å². The second kappa shape index (κ2) is 4.92. The molecule has 1 heterocycles. The molecule has 0 unspecified atom stereocenters. The Bertz CT molecular complexity index is 683. The number of nitrogens with one attached hydrogen (secondary N) is 2. The van der Waals surface area contributed by atoms with E-state index in [1.54, 1.807) is 0 Å². The molecule has 21 heavy (non-hydrogen) atoms. The number of carbonyl (C=O) groups excluding carboxylic acids is 1. The maximum absolute atomic E-state index is 12.5. The van der Waals surface area contributed by atoms with E-state index >= 15 is 0 Å². The van der Waals surface area contributed by atoms with Crippen LogP contribution in [0.4, 0.5) is 11.4 Å². The zero-order valence-corrected chi connectivity index (χ0v) is 11.9. The summed E-state index contributed by atoms with van der Waals surface area (Å²) in [6.07, 6.45) is 2.75. The van der Waals surface area contributed by atoms with Crippen LogP contribution in [0.1, 0.15) is 16.7 Å². The second-order valence-electron chi connectivity index (χ2n) is 5.91. The average Bonchev–Trinajstić information content (AvgIpc) is 3.13. The first kappa shape index (κ1) is 12.5. The van der Waals surface area contributed by atoms with E-state index in [1.165, 1.54) is 22.4 Å². The van der Waals surface area contributed by atoms with Gasteiger partial charge in [-0.3, -0.25) is 4.79 Å². The molecule has 0 fully saturated rings. The van der Waals surface area contributed by atoms with Gasteiger partial charge in [-0.2, -0.15) is 0 Å². The Morgan fingerprint density at radius 2 is 1.81 bits per heavy atom. The van der Waals surface area contributed by atoms with Crippen molar-refractivity contribution in [3.05, 3.63) is 59.2 Å². The van der Waals surface area contributed by atoms with Crippen LogP contribution < -0.4 is 10.6 Å². The highest BCUT2D eigenvalue weighted by molar-refractivity contribution is 5.93. The van der Waals surface area contributed by atoms with Gasteiger partial charge >= 0.3 is 0 Å². The van der Waals surface area contributed by atoms with Crippen molar-refractivity contribution >= 4 is 17.3 Å². The van der Waals surface area contributed by atoms with Gasteiger partial charge in [0.15, 0.2) is 0 Å². The molecule has 3 heteroatoms. The van der Waals surface area contributed by atoms with Crippen molar-refractivity contribution in [1.82, 2.24) is 0 Å². The molecule has 4 rings (SSSR count). The number of anilines is 2. The largest absolute Gasteiger partial charge is 0.384 e. The predicted molar refractivity (Wildman–Crippen MR) is 84.6 cm³/mol. The monoisotopic (exact) mass is 278 g/mol. The van der Waals surface area contributed by atoms with E-state index in [0.717, 1.165) is 31.5 Å². The van der Waals surface area contributed by atoms with Crippen LogP contribution in [0, 0.1) is 5.92 Å². The number of hydrogen-bond donors (Lipinski definition) is 2. The minimum absolute atomic E-state index is 0.0637. The Hall–Kier alpha value is -2.29. The fraction of sp³-hybridized carbons (Fsp3) is 0.278. The van der Waals surface area contributed by atoms with Gasteiger partial charge in [-0.05, 0) is 54.2 Å². The molecule has 1 aliphatic carbocycles. The smallest absolute Gasteiger partial charge is 0.228 e. The second-order valence-corrected chi connectivity index (χ2v) is 5.91. The van der Waals surface area contributed by atoms with Crippen LogP contribution in [0.5, 0.6) is 0 Å². The van der Waals surface area contributed by atoms with Crippen molar-refractivity contribution in [3.8, 4) is 0 Å². The van der Waals surface area contributed by atoms with Gasteiger partial charge in [-0.1, -0.05) is 24.3 Å². The van der Waals surface area contributed by atoms with Gasteiger partial charge in [0.2, 0.25) is 5.91 Å². The Labute approximate surface area is 124 Å². The van der Waals surface area contributed by atoms with Gasteiger partial charge in [0, 0.05) is 23.8 Å². The first-order valence-corrected chi connectivity index (χ1v) is 7.54. The fourth-order valence-corrected chi connectivity index (χ4v) is 3.37. The summed E-state index contributed by atoms with van der Waals surface area (Å²) in [5.41, 5.74) is 6.04. The zero-order valence-electron chi connectivity index (χ0n) is 11.9. The number of hydrogen-bond acceptors (Lipinski definition) is 2. The molecular formula is C18H18N2O. The lowest BCUT2D eigenvalue weighted by molar-refractivity contribution is -0.119. The lowest BCUT2D eigenvalue weighted by Gasteiger charge is -2.11. The summed E-state index contributed by atoms with van der Waals surface area (Å²) in [5, 5.41) is 6.42. The van der Waals surface area contributed by atoms with Gasteiger partial charge < -0.3 is 10.6 Å². The molecule has 0 bridgehead atoms. The van der Waals surface area contributed by atoms with Crippen LogP contribution in [-0.4, -0.2) is 12.5 Å². The fourth-order valence-electron chi connectivity index (χ4n) is 3.37. The highest BCUT2D eigenvalue weighted by Crippen LogP contribution is 2.29. The normalized spacial score (nSPS) is 16.2. The molecule has 1 aliphatic heterocycles. The Kier molecular flexibility index (Phi) is 2.92. The van der Waals surface area contributed by atoms with Crippen LogP contribution in [0.15, 0.2) is 42.5 Å². The van der Waals surface area contributed by atoms with E-state index in [-0.39, 0.29) is 11.8 Å². The predicted octanol–water partition coefficient (Wildman–Crippen LogP) is 3.01. The number of carbonyl (C=O) groups is 1. The molecule has 0 saturated carbocycles. The van der Waals surface area contributed by atoms with Gasteiger partial charge in [-0.25, -0.2) is 0 Å². The maximum Gasteiger partial charge on any atom is 0.228 e. The zero-order chi connectivity index (χ0) is 14.2. The molecule has 3 nitrogen and oxygen atoms in total. The third-order valence-corrected chi connectivity index (χ3v) is 4.50. The van der Waals surface area contributed by atoms with E-state index in [2.05, 4.69) is 34.9 Å². The number of fused-ring (bicyclic) bond motifs is 2. The number of amides is 1. The average molecular weight is 278 g/mol. The third kappa shape index (κ3) is 2.29. The minimum atomic E-state index is 0.0637. The first-order chi connectivity index (χ1) is 10.3. The van der Waals surface area contributed by atoms with Crippen molar-refractivity contribution < 1.29 is 4.79 Å². The molecule has 2 aliphatic rings. The van der Waals surface area contributed by atoms with Crippen molar-refractivity contribution in [2.24, 2.45) is 5.92 Å². The topological polar surface area (TPSA) is 41.1 Å². The molecule has 2 aromatic rings. The summed E-state index contributed by atoms with van der Waals surface area (Å²) in [7, 11) is 0. The summed E-state index contributed by atoms with van der Waals surface area (Å²) in [6, 6.07) is 14.5. The molecule has 0 aromatic heterocycles. The van der Waals surface area contributed by atoms with Crippen molar-refractivity contribution in [2.75, 3.05) is 17.2 Å². The molecule has 0 spiro atoms. The summed E-state index contributed by atoms with van der Waals surface area (Å²) in [6.45, 7) is 0.991. The van der Waals surface area contributed by atoms with E-state index in [0.29, 0.717) is 0 Å². The van der Waals surface area contributed by atoms with E-state index in [9.17, 15) is 4.79 Å². The first-order valence-electron chi connectivity index (χ1n) is 7.54. The van der Waals surface area contributed by atoms with Crippen LogP contribution in [0.2, 0.25) is 0 Å². The molecule has 0 atom stereocenters. The molecule has 2 aromatic carbocycles. The van der Waals surface area contributed by atoms with Gasteiger partial charge in [-0.15, -0.1) is 0 Å². The lowest BCUT2D eigenvalue weighted by atomic mass is 10.1. The quantitative estimate of drug-likeness (QED) is 0.886. The van der Waals surface area contributed by atoms with Gasteiger partial charge in [0.05, 0.1) is 0 Å². The molecule has 0 radical (unpaired) electrons. The van der Waals surface area contributed by atoms with E-state index in [4.69, 9.17) is 0 Å². The summed E-state index contributed by atoms with van der Waals surface area (Å²) in [4.78, 5) is 12.5. The molecule has 1 amide bonds. The SMILES string of the molecule is O=C(Nc1ccc2c(c1)CCN2)C1Cc2ccccc2C1. The minimum Gasteiger partial charge on any atom is -0.384 e. The summed E-state index contributed by atoms with van der Waals surface area (Å²) in [5.74, 6) is 0.200. The highest BCUT2D eigenvalue weighted by atomic mass is 16.1. The van der Waals surface area contributed by atoms with Crippen LogP contribution in [-0.2, 0) is 24.1 Å².